The Morgan fingerprint density at radius 1 is 1.08 bits per heavy atom. The van der Waals surface area contributed by atoms with Crippen molar-refractivity contribution in [1.29, 1.82) is 0 Å². The number of hydrogen-bond donors (Lipinski definition) is 0. The van der Waals surface area contributed by atoms with E-state index in [0.29, 0.717) is 19.6 Å². The van der Waals surface area contributed by atoms with Crippen LogP contribution in [0.15, 0.2) is 59.5 Å². The van der Waals surface area contributed by atoms with Crippen LogP contribution in [0.4, 0.5) is 0 Å². The second-order valence-electron chi connectivity index (χ2n) is 6.32. The minimum absolute atomic E-state index is 0.103. The number of ether oxygens (including phenoxy) is 1. The molecule has 2 aromatic carbocycles. The van der Waals surface area contributed by atoms with Crippen molar-refractivity contribution in [3.8, 4) is 0 Å². The lowest BCUT2D eigenvalue weighted by Crippen LogP contribution is -2.49. The zero-order chi connectivity index (χ0) is 18.7. The fourth-order valence-electron chi connectivity index (χ4n) is 3.17. The van der Waals surface area contributed by atoms with Gasteiger partial charge in [-0.05, 0) is 30.8 Å². The van der Waals surface area contributed by atoms with Gasteiger partial charge in [0, 0.05) is 19.6 Å². The van der Waals surface area contributed by atoms with E-state index in [1.54, 1.807) is 12.1 Å². The van der Waals surface area contributed by atoms with E-state index < -0.39 is 16.0 Å². The molecule has 7 heteroatoms. The molecule has 1 unspecified atom stereocenters. The third kappa shape index (κ3) is 3.65. The molecule has 0 N–H and O–H groups in total. The molecule has 0 amide bonds. The van der Waals surface area contributed by atoms with Crippen molar-refractivity contribution in [3.05, 3.63) is 65.7 Å². The normalized spacial score (nSPS) is 19.2. The van der Waals surface area contributed by atoms with Gasteiger partial charge in [0.15, 0.2) is 0 Å². The summed E-state index contributed by atoms with van der Waals surface area (Å²) in [6, 6.07) is 15.3. The molecule has 1 heterocycles. The van der Waals surface area contributed by atoms with Gasteiger partial charge in [0.2, 0.25) is 10.0 Å². The number of piperazine rings is 1. The van der Waals surface area contributed by atoms with E-state index in [2.05, 4.69) is 4.90 Å². The molecule has 3 rings (SSSR count). The summed E-state index contributed by atoms with van der Waals surface area (Å²) in [5.41, 5.74) is 1.17. The van der Waals surface area contributed by atoms with Crippen LogP contribution in [-0.4, -0.2) is 57.4 Å². The Bertz CT molecular complexity index is 883. The van der Waals surface area contributed by atoms with Crippen molar-refractivity contribution >= 4 is 16.0 Å². The van der Waals surface area contributed by atoms with E-state index in [1.807, 2.05) is 37.4 Å². The quantitative estimate of drug-likeness (QED) is 0.767. The summed E-state index contributed by atoms with van der Waals surface area (Å²) in [6.45, 7) is 1.65. The predicted molar refractivity (Wildman–Crippen MR) is 98.4 cm³/mol. The van der Waals surface area contributed by atoms with Gasteiger partial charge in [-0.25, -0.2) is 13.2 Å². The van der Waals surface area contributed by atoms with Gasteiger partial charge in [-0.1, -0.05) is 36.4 Å². The zero-order valence-corrected chi connectivity index (χ0v) is 15.6. The molecule has 0 saturated carbocycles. The molecule has 0 aliphatic carbocycles. The summed E-state index contributed by atoms with van der Waals surface area (Å²) in [6.07, 6.45) is 0. The highest BCUT2D eigenvalue weighted by Gasteiger charge is 2.36. The van der Waals surface area contributed by atoms with E-state index in [0.717, 1.165) is 5.56 Å². The number of hydrogen-bond acceptors (Lipinski definition) is 5. The standard InChI is InChI=1S/C19H22N2O4S/c1-20-11-12-21(18(14-20)15-7-4-3-5-8-15)26(23,24)17-10-6-9-16(13-17)19(22)25-2/h3-10,13,18H,11-12,14H2,1-2H3. The Morgan fingerprint density at radius 2 is 1.81 bits per heavy atom. The Morgan fingerprint density at radius 3 is 2.50 bits per heavy atom. The largest absolute Gasteiger partial charge is 0.465 e. The summed E-state index contributed by atoms with van der Waals surface area (Å²) < 4.78 is 32.8. The van der Waals surface area contributed by atoms with Gasteiger partial charge in [-0.15, -0.1) is 0 Å². The summed E-state index contributed by atoms with van der Waals surface area (Å²) >= 11 is 0. The van der Waals surface area contributed by atoms with Crippen LogP contribution in [0.5, 0.6) is 0 Å². The maximum Gasteiger partial charge on any atom is 0.337 e. The molecule has 0 aromatic heterocycles. The molecular formula is C19H22N2O4S. The minimum Gasteiger partial charge on any atom is -0.465 e. The maximum atomic E-state index is 13.3. The van der Waals surface area contributed by atoms with E-state index in [9.17, 15) is 13.2 Å². The second-order valence-corrected chi connectivity index (χ2v) is 8.21. The van der Waals surface area contributed by atoms with Crippen molar-refractivity contribution in [2.24, 2.45) is 0 Å². The first-order valence-corrected chi connectivity index (χ1v) is 9.81. The third-order valence-electron chi connectivity index (χ3n) is 4.58. The van der Waals surface area contributed by atoms with Gasteiger partial charge in [-0.2, -0.15) is 4.31 Å². The fraction of sp³-hybridized carbons (Fsp3) is 0.316. The number of methoxy groups -OCH3 is 1. The van der Waals surface area contributed by atoms with Crippen molar-refractivity contribution in [3.63, 3.8) is 0 Å². The SMILES string of the molecule is COC(=O)c1cccc(S(=O)(=O)N2CCN(C)CC2c2ccccc2)c1. The molecule has 0 radical (unpaired) electrons. The highest BCUT2D eigenvalue weighted by Crippen LogP contribution is 2.31. The zero-order valence-electron chi connectivity index (χ0n) is 14.8. The van der Waals surface area contributed by atoms with E-state index >= 15 is 0 Å². The number of carbonyl (C=O) groups excluding carboxylic acids is 1. The van der Waals surface area contributed by atoms with Crippen LogP contribution in [0.2, 0.25) is 0 Å². The average molecular weight is 374 g/mol. The molecule has 6 nitrogen and oxygen atoms in total. The van der Waals surface area contributed by atoms with Gasteiger partial charge >= 0.3 is 5.97 Å². The second kappa shape index (κ2) is 7.57. The van der Waals surface area contributed by atoms with Gasteiger partial charge in [0.1, 0.15) is 0 Å². The first kappa shape index (κ1) is 18.6. The highest BCUT2D eigenvalue weighted by atomic mass is 32.2. The molecule has 0 bridgehead atoms. The van der Waals surface area contributed by atoms with Crippen LogP contribution < -0.4 is 0 Å². The fourth-order valence-corrected chi connectivity index (χ4v) is 4.82. The lowest BCUT2D eigenvalue weighted by atomic mass is 10.1. The number of likely N-dealkylation sites (N-methyl/N-ethyl adjacent to an activating group) is 1. The van der Waals surface area contributed by atoms with Crippen LogP contribution >= 0.6 is 0 Å². The third-order valence-corrected chi connectivity index (χ3v) is 6.48. The number of sulfonamides is 1. The van der Waals surface area contributed by atoms with Gasteiger partial charge in [0.25, 0.3) is 0 Å². The average Bonchev–Trinajstić information content (AvgIpc) is 2.68. The topological polar surface area (TPSA) is 66.9 Å². The summed E-state index contributed by atoms with van der Waals surface area (Å²) in [4.78, 5) is 14.0. The van der Waals surface area contributed by atoms with Crippen LogP contribution in [0.25, 0.3) is 0 Å². The van der Waals surface area contributed by atoms with E-state index in [1.165, 1.54) is 23.5 Å². The van der Waals surface area contributed by atoms with Crippen molar-refractivity contribution < 1.29 is 17.9 Å². The number of carbonyl (C=O) groups is 1. The molecule has 1 saturated heterocycles. The van der Waals surface area contributed by atoms with E-state index in [-0.39, 0.29) is 16.5 Å². The van der Waals surface area contributed by atoms with Crippen LogP contribution in [0.1, 0.15) is 22.0 Å². The number of benzene rings is 2. The lowest BCUT2D eigenvalue weighted by Gasteiger charge is -2.39. The van der Waals surface area contributed by atoms with Crippen LogP contribution in [-0.2, 0) is 14.8 Å². The lowest BCUT2D eigenvalue weighted by molar-refractivity contribution is 0.0600. The van der Waals surface area contributed by atoms with Gasteiger partial charge in [0.05, 0.1) is 23.6 Å². The molecule has 0 spiro atoms. The monoisotopic (exact) mass is 374 g/mol. The number of rotatable bonds is 4. The first-order chi connectivity index (χ1) is 12.4. The Kier molecular flexibility index (Phi) is 5.41. The minimum atomic E-state index is -3.75. The van der Waals surface area contributed by atoms with Crippen LogP contribution in [0.3, 0.4) is 0 Å². The molecule has 1 aliphatic rings. The highest BCUT2D eigenvalue weighted by molar-refractivity contribution is 7.89. The molecule has 138 valence electrons. The van der Waals surface area contributed by atoms with Crippen molar-refractivity contribution in [2.75, 3.05) is 33.8 Å². The number of nitrogens with zero attached hydrogens (tertiary/aromatic N) is 2. The first-order valence-electron chi connectivity index (χ1n) is 8.37. The summed E-state index contributed by atoms with van der Waals surface area (Å²) in [7, 11) is -0.491. The predicted octanol–water partition coefficient (Wildman–Crippen LogP) is 2.15. The number of esters is 1. The molecule has 26 heavy (non-hydrogen) atoms. The molecular weight excluding hydrogens is 352 g/mol. The molecule has 1 atom stereocenters. The van der Waals surface area contributed by atoms with Crippen LogP contribution in [0, 0.1) is 0 Å². The Hall–Kier alpha value is -2.22. The molecule has 1 fully saturated rings. The summed E-state index contributed by atoms with van der Waals surface area (Å²) in [5, 5.41) is 0. The summed E-state index contributed by atoms with van der Waals surface area (Å²) in [5.74, 6) is -0.556. The van der Waals surface area contributed by atoms with E-state index in [4.69, 9.17) is 4.74 Å². The van der Waals surface area contributed by atoms with Gasteiger partial charge in [-0.3, -0.25) is 0 Å². The maximum absolute atomic E-state index is 13.3. The molecule has 2 aromatic rings. The Labute approximate surface area is 154 Å². The Balaban J connectivity index is 2.00. The van der Waals surface area contributed by atoms with Crippen molar-refractivity contribution in [1.82, 2.24) is 9.21 Å². The molecule has 1 aliphatic heterocycles. The van der Waals surface area contributed by atoms with Crippen molar-refractivity contribution in [2.45, 2.75) is 10.9 Å². The van der Waals surface area contributed by atoms with Gasteiger partial charge < -0.3 is 9.64 Å². The smallest absolute Gasteiger partial charge is 0.337 e.